The van der Waals surface area contributed by atoms with Gasteiger partial charge in [-0.05, 0) is 18.6 Å². The van der Waals surface area contributed by atoms with Crippen molar-refractivity contribution in [1.82, 2.24) is 10.7 Å². The molecule has 0 spiro atoms. The number of nitrogens with zero attached hydrogens (tertiary/aromatic N) is 1. The summed E-state index contributed by atoms with van der Waals surface area (Å²) in [7, 11) is 0. The van der Waals surface area contributed by atoms with E-state index in [1.54, 1.807) is 0 Å². The second-order valence-electron chi connectivity index (χ2n) is 3.94. The van der Waals surface area contributed by atoms with Gasteiger partial charge in [-0.1, -0.05) is 0 Å². The summed E-state index contributed by atoms with van der Waals surface area (Å²) < 4.78 is 0. The Morgan fingerprint density at radius 3 is 3.06 bits per heavy atom. The van der Waals surface area contributed by atoms with Gasteiger partial charge >= 0.3 is 0 Å². The minimum atomic E-state index is -0.146. The van der Waals surface area contributed by atoms with E-state index in [4.69, 9.17) is 0 Å². The van der Waals surface area contributed by atoms with Crippen LogP contribution in [0, 0.1) is 0 Å². The van der Waals surface area contributed by atoms with E-state index < -0.39 is 0 Å². The quantitative estimate of drug-likeness (QED) is 0.745. The van der Waals surface area contributed by atoms with Crippen LogP contribution < -0.4 is 10.7 Å². The molecular weight excluding hydrogens is 226 g/mol. The lowest BCUT2D eigenvalue weighted by Crippen LogP contribution is -2.39. The topological polar surface area (TPSA) is 70.6 Å². The number of thioether (sulfide) groups is 1. The molecule has 2 aliphatic rings. The lowest BCUT2D eigenvalue weighted by molar-refractivity contribution is -0.121. The second-order valence-corrected chi connectivity index (χ2v) is 5.35. The van der Waals surface area contributed by atoms with Gasteiger partial charge in [0.05, 0.1) is 0 Å². The van der Waals surface area contributed by atoms with Crippen LogP contribution in [-0.4, -0.2) is 35.1 Å². The van der Waals surface area contributed by atoms with E-state index in [0.29, 0.717) is 30.3 Å². The van der Waals surface area contributed by atoms with Crippen molar-refractivity contribution in [1.29, 1.82) is 0 Å². The summed E-state index contributed by atoms with van der Waals surface area (Å²) in [5.41, 5.74) is 2.76. The van der Waals surface area contributed by atoms with Crippen molar-refractivity contribution >= 4 is 29.3 Å². The first-order valence-electron chi connectivity index (χ1n) is 5.51. The number of hydrogen-bond acceptors (Lipinski definition) is 4. The largest absolute Gasteiger partial charge is 0.350 e. The molecule has 1 saturated heterocycles. The predicted octanol–water partition coefficient (Wildman–Crippen LogP) is 0.264. The van der Waals surface area contributed by atoms with Crippen LogP contribution in [0.1, 0.15) is 25.7 Å². The SMILES string of the molecule is O=C1CCC(C(=O)NCC2CCCS2)=NN1. The van der Waals surface area contributed by atoms with Crippen LogP contribution in [0.3, 0.4) is 0 Å². The molecule has 0 aromatic rings. The molecule has 2 heterocycles. The van der Waals surface area contributed by atoms with Crippen LogP contribution in [0.5, 0.6) is 0 Å². The number of carbonyl (C=O) groups is 2. The van der Waals surface area contributed by atoms with E-state index in [2.05, 4.69) is 15.8 Å². The van der Waals surface area contributed by atoms with Crippen LogP contribution in [0.15, 0.2) is 5.10 Å². The lowest BCUT2D eigenvalue weighted by atomic mass is 10.1. The molecule has 1 atom stereocenters. The van der Waals surface area contributed by atoms with E-state index in [-0.39, 0.29) is 11.8 Å². The number of amides is 2. The Kier molecular flexibility index (Phi) is 3.82. The van der Waals surface area contributed by atoms with Gasteiger partial charge in [0.2, 0.25) is 5.91 Å². The van der Waals surface area contributed by atoms with Crippen molar-refractivity contribution in [3.8, 4) is 0 Å². The number of rotatable bonds is 3. The highest BCUT2D eigenvalue weighted by Gasteiger charge is 2.20. The highest BCUT2D eigenvalue weighted by atomic mass is 32.2. The van der Waals surface area contributed by atoms with E-state index in [0.717, 1.165) is 0 Å². The first-order chi connectivity index (χ1) is 7.75. The Balaban J connectivity index is 1.76. The number of hydrogen-bond donors (Lipinski definition) is 2. The van der Waals surface area contributed by atoms with E-state index in [1.165, 1.54) is 18.6 Å². The molecule has 5 nitrogen and oxygen atoms in total. The molecule has 0 aromatic carbocycles. The summed E-state index contributed by atoms with van der Waals surface area (Å²) in [6.45, 7) is 0.705. The van der Waals surface area contributed by atoms with Crippen molar-refractivity contribution in [2.75, 3.05) is 12.3 Å². The molecule has 0 radical (unpaired) electrons. The van der Waals surface area contributed by atoms with Crippen molar-refractivity contribution in [2.45, 2.75) is 30.9 Å². The number of hydrazone groups is 1. The molecule has 2 N–H and O–H groups in total. The van der Waals surface area contributed by atoms with E-state index in [1.807, 2.05) is 11.8 Å². The Morgan fingerprint density at radius 1 is 1.56 bits per heavy atom. The standard InChI is InChI=1S/C10H15N3O2S/c14-9-4-3-8(12-13-9)10(15)11-6-7-2-1-5-16-7/h7H,1-6H2,(H,11,15)(H,13,14). The molecule has 1 unspecified atom stereocenters. The normalized spacial score (nSPS) is 24.9. The van der Waals surface area contributed by atoms with Gasteiger partial charge in [0.1, 0.15) is 5.71 Å². The molecule has 2 amide bonds. The fourth-order valence-electron chi connectivity index (χ4n) is 1.75. The third kappa shape index (κ3) is 2.98. The molecule has 16 heavy (non-hydrogen) atoms. The molecule has 6 heteroatoms. The zero-order valence-electron chi connectivity index (χ0n) is 8.99. The van der Waals surface area contributed by atoms with Gasteiger partial charge in [0.25, 0.3) is 5.91 Å². The molecule has 2 rings (SSSR count). The Morgan fingerprint density at radius 2 is 2.44 bits per heavy atom. The summed E-state index contributed by atoms with van der Waals surface area (Å²) in [5, 5.41) is 7.17. The van der Waals surface area contributed by atoms with Gasteiger partial charge in [0, 0.05) is 24.6 Å². The molecule has 0 bridgehead atoms. The van der Waals surface area contributed by atoms with Crippen LogP contribution in [-0.2, 0) is 9.59 Å². The lowest BCUT2D eigenvalue weighted by Gasteiger charge is -2.13. The van der Waals surface area contributed by atoms with Crippen molar-refractivity contribution in [3.05, 3.63) is 0 Å². The minimum absolute atomic E-state index is 0.122. The molecular formula is C10H15N3O2S. The van der Waals surface area contributed by atoms with Crippen LogP contribution in [0.25, 0.3) is 0 Å². The zero-order chi connectivity index (χ0) is 11.4. The molecule has 1 fully saturated rings. The molecule has 0 aliphatic carbocycles. The molecule has 88 valence electrons. The summed E-state index contributed by atoms with van der Waals surface area (Å²) in [6.07, 6.45) is 3.20. The average Bonchev–Trinajstić information content (AvgIpc) is 2.80. The fourth-order valence-corrected chi connectivity index (χ4v) is 2.95. The third-order valence-electron chi connectivity index (χ3n) is 2.68. The summed E-state index contributed by atoms with van der Waals surface area (Å²) in [4.78, 5) is 22.5. The molecule has 2 aliphatic heterocycles. The maximum atomic E-state index is 11.7. The minimum Gasteiger partial charge on any atom is -0.350 e. The van der Waals surface area contributed by atoms with E-state index >= 15 is 0 Å². The number of nitrogens with one attached hydrogen (secondary N) is 2. The third-order valence-corrected chi connectivity index (χ3v) is 4.08. The summed E-state index contributed by atoms with van der Waals surface area (Å²) >= 11 is 1.91. The van der Waals surface area contributed by atoms with E-state index in [9.17, 15) is 9.59 Å². The molecule has 0 saturated carbocycles. The van der Waals surface area contributed by atoms with Crippen molar-refractivity contribution in [2.24, 2.45) is 5.10 Å². The summed E-state index contributed by atoms with van der Waals surface area (Å²) in [6, 6.07) is 0. The molecule has 0 aromatic heterocycles. The maximum Gasteiger partial charge on any atom is 0.267 e. The first kappa shape index (κ1) is 11.4. The second kappa shape index (κ2) is 5.34. The van der Waals surface area contributed by atoms with Gasteiger partial charge in [-0.2, -0.15) is 16.9 Å². The predicted molar refractivity (Wildman–Crippen MR) is 63.3 cm³/mol. The Labute approximate surface area is 98.4 Å². The zero-order valence-corrected chi connectivity index (χ0v) is 9.81. The number of carbonyl (C=O) groups excluding carboxylic acids is 2. The Bertz CT molecular complexity index is 324. The average molecular weight is 241 g/mol. The van der Waals surface area contributed by atoms with Gasteiger partial charge in [-0.15, -0.1) is 0 Å². The highest BCUT2D eigenvalue weighted by molar-refractivity contribution is 8.00. The highest BCUT2D eigenvalue weighted by Crippen LogP contribution is 2.25. The van der Waals surface area contributed by atoms with Crippen LogP contribution in [0.2, 0.25) is 0 Å². The van der Waals surface area contributed by atoms with Gasteiger partial charge in [-0.25, -0.2) is 5.43 Å². The van der Waals surface area contributed by atoms with Gasteiger partial charge < -0.3 is 5.32 Å². The summed E-state index contributed by atoms with van der Waals surface area (Å²) in [5.74, 6) is 0.924. The van der Waals surface area contributed by atoms with Crippen LogP contribution in [0.4, 0.5) is 0 Å². The maximum absolute atomic E-state index is 11.7. The fraction of sp³-hybridized carbons (Fsp3) is 0.700. The van der Waals surface area contributed by atoms with Crippen molar-refractivity contribution < 1.29 is 9.59 Å². The van der Waals surface area contributed by atoms with Gasteiger partial charge in [0.15, 0.2) is 0 Å². The van der Waals surface area contributed by atoms with Gasteiger partial charge in [-0.3, -0.25) is 9.59 Å². The Hall–Kier alpha value is -1.04. The van der Waals surface area contributed by atoms with Crippen molar-refractivity contribution in [3.63, 3.8) is 0 Å². The van der Waals surface area contributed by atoms with Crippen LogP contribution >= 0.6 is 11.8 Å². The smallest absolute Gasteiger partial charge is 0.267 e. The first-order valence-corrected chi connectivity index (χ1v) is 6.56. The monoisotopic (exact) mass is 241 g/mol.